The minimum absolute atomic E-state index is 0.0361. The van der Waals surface area contributed by atoms with Gasteiger partial charge in [-0.05, 0) is 140 Å². The summed E-state index contributed by atoms with van der Waals surface area (Å²) >= 11 is 0. The summed E-state index contributed by atoms with van der Waals surface area (Å²) < 4.78 is 98.1. The van der Waals surface area contributed by atoms with Gasteiger partial charge in [-0.3, -0.25) is 19.1 Å². The van der Waals surface area contributed by atoms with Gasteiger partial charge in [-0.2, -0.15) is 0 Å². The Bertz CT molecular complexity index is 3450. The standard InChI is InChI=1S/C17H19N3O3S.C17H17NO3S.C11H13NO3S.C9H10O2S/c1-11(2)16(21)10-14-5-7-15(8-6-14)24(22,23)20-17-18-12(3)9-13(4)19-17;1-13(2)17(19)12-14-8-10-16(11-9-14)22(20,21)18-15-6-4-3-5-7-15;1-8(2)11(13)7-9-3-5-10(6-4-9)16(12,14)15;1-3-8-4-6-9(7-5-8)12(2,10)11/h5-9H,1,10H2,2-4H3,(H,18,19,20);3-11,18H,1,12H2,2H3;3-6H,1,7H2,2H3,(H2,12,14,15);3-7H,1H2,2H3. The van der Waals surface area contributed by atoms with E-state index < -0.39 is 39.9 Å². The van der Waals surface area contributed by atoms with E-state index in [4.69, 9.17) is 5.14 Å². The van der Waals surface area contributed by atoms with Crippen LogP contribution in [-0.2, 0) is 73.6 Å². The first kappa shape index (κ1) is 60.8. The first-order valence-corrected chi connectivity index (χ1v) is 28.5. The third-order valence-corrected chi connectivity index (χ3v) is 14.8. The Hall–Kier alpha value is -7.49. The molecule has 0 aliphatic heterocycles. The second-order valence-electron chi connectivity index (χ2n) is 16.7. The van der Waals surface area contributed by atoms with Crippen molar-refractivity contribution in [3.63, 3.8) is 0 Å². The SMILES string of the molecule is C=C(C)C(=O)Cc1ccc(S(=O)(=O)Nc2ccccc2)cc1.C=C(C)C(=O)Cc1ccc(S(=O)(=O)Nc2nc(C)cc(C)n2)cc1.C=C(C)C(=O)Cc1ccc(S(N)(=O)=O)cc1.C=Cc1ccc(S(C)(=O)=O)cc1. The molecule has 5 aromatic carbocycles. The average molecular weight is 1080 g/mol. The number of anilines is 2. The highest BCUT2D eigenvalue weighted by molar-refractivity contribution is 7.93. The van der Waals surface area contributed by atoms with E-state index in [1.165, 1.54) is 42.7 Å². The van der Waals surface area contributed by atoms with Gasteiger partial charge in [0.25, 0.3) is 20.0 Å². The van der Waals surface area contributed by atoms with Gasteiger partial charge < -0.3 is 0 Å². The van der Waals surface area contributed by atoms with E-state index in [0.29, 0.717) is 38.7 Å². The van der Waals surface area contributed by atoms with Gasteiger partial charge >= 0.3 is 0 Å². The molecule has 4 N–H and O–H groups in total. The molecule has 0 aliphatic carbocycles. The molecule has 16 nitrogen and oxygen atoms in total. The summed E-state index contributed by atoms with van der Waals surface area (Å²) in [6.45, 7) is 22.8. The van der Waals surface area contributed by atoms with E-state index >= 15 is 0 Å². The van der Waals surface area contributed by atoms with Crippen molar-refractivity contribution in [1.29, 1.82) is 0 Å². The summed E-state index contributed by atoms with van der Waals surface area (Å²) in [5.41, 5.74) is 6.43. The molecule has 0 fully saturated rings. The molecule has 6 aromatic rings. The van der Waals surface area contributed by atoms with Crippen LogP contribution in [0.5, 0.6) is 0 Å². The van der Waals surface area contributed by atoms with E-state index in [1.807, 2.05) is 6.07 Å². The van der Waals surface area contributed by atoms with E-state index in [-0.39, 0.29) is 57.2 Å². The lowest BCUT2D eigenvalue weighted by molar-refractivity contribution is -0.115. The fourth-order valence-corrected chi connectivity index (χ4v) is 9.05. The number of nitrogens with two attached hydrogens (primary N) is 1. The molecule has 0 saturated carbocycles. The van der Waals surface area contributed by atoms with Crippen molar-refractivity contribution in [3.05, 3.63) is 210 Å². The maximum Gasteiger partial charge on any atom is 0.264 e. The van der Waals surface area contributed by atoms with Crippen molar-refractivity contribution in [2.75, 3.05) is 15.7 Å². The summed E-state index contributed by atoms with van der Waals surface area (Å²) in [7, 11) is -14.1. The maximum absolute atomic E-state index is 12.4. The van der Waals surface area contributed by atoms with Crippen molar-refractivity contribution < 1.29 is 48.1 Å². The number of para-hydroxylation sites is 1. The van der Waals surface area contributed by atoms with Gasteiger partial charge in [-0.15, -0.1) is 0 Å². The van der Waals surface area contributed by atoms with Crippen LogP contribution in [-0.4, -0.2) is 67.2 Å². The number of hydrogen-bond donors (Lipinski definition) is 3. The third kappa shape index (κ3) is 20.6. The predicted molar refractivity (Wildman–Crippen MR) is 290 cm³/mol. The maximum atomic E-state index is 12.4. The Balaban J connectivity index is 0.000000268. The molecular weight excluding hydrogens is 1020 g/mol. The lowest BCUT2D eigenvalue weighted by Gasteiger charge is -2.08. The molecule has 390 valence electrons. The number of carbonyl (C=O) groups is 3. The number of Topliss-reactive ketones (excluding diaryl/α,β-unsaturated/α-hetero) is 3. The Morgan fingerprint density at radius 3 is 1.18 bits per heavy atom. The van der Waals surface area contributed by atoms with E-state index in [0.717, 1.165) is 22.3 Å². The highest BCUT2D eigenvalue weighted by Gasteiger charge is 2.18. The molecule has 0 unspecified atom stereocenters. The number of ketones is 3. The number of benzene rings is 5. The van der Waals surface area contributed by atoms with Crippen LogP contribution in [0.2, 0.25) is 0 Å². The number of aromatic nitrogens is 2. The fourth-order valence-electron chi connectivity index (χ4n) is 5.90. The first-order chi connectivity index (χ1) is 34.4. The predicted octanol–water partition coefficient (Wildman–Crippen LogP) is 8.51. The Morgan fingerprint density at radius 1 is 0.514 bits per heavy atom. The normalized spacial score (nSPS) is 11.1. The molecule has 0 radical (unpaired) electrons. The minimum atomic E-state index is -3.79. The highest BCUT2D eigenvalue weighted by atomic mass is 32.2. The minimum Gasteiger partial charge on any atom is -0.294 e. The molecule has 0 saturated heterocycles. The van der Waals surface area contributed by atoms with E-state index in [9.17, 15) is 48.1 Å². The topological polar surface area (TPSA) is 264 Å². The molecule has 1 heterocycles. The number of nitrogens with zero attached hydrogens (tertiary/aromatic N) is 2. The van der Waals surface area contributed by atoms with Crippen LogP contribution in [0.4, 0.5) is 11.6 Å². The van der Waals surface area contributed by atoms with Crippen LogP contribution in [0.3, 0.4) is 0 Å². The van der Waals surface area contributed by atoms with Crippen LogP contribution < -0.4 is 14.6 Å². The average Bonchev–Trinajstić information content (AvgIpc) is 3.32. The molecule has 0 spiro atoms. The summed E-state index contributed by atoms with van der Waals surface area (Å²) in [4.78, 5) is 43.4. The van der Waals surface area contributed by atoms with E-state index in [1.54, 1.807) is 132 Å². The quantitative estimate of drug-likeness (QED) is 0.0683. The van der Waals surface area contributed by atoms with E-state index in [2.05, 4.69) is 45.7 Å². The summed E-state index contributed by atoms with van der Waals surface area (Å²) in [5, 5.41) is 4.95. The molecule has 1 aromatic heterocycles. The first-order valence-electron chi connectivity index (χ1n) is 22.1. The molecule has 20 heteroatoms. The summed E-state index contributed by atoms with van der Waals surface area (Å²) in [5.74, 6) is -0.164. The lowest BCUT2D eigenvalue weighted by atomic mass is 10.1. The molecular formula is C54H59N5O11S4. The lowest BCUT2D eigenvalue weighted by Crippen LogP contribution is -2.16. The fraction of sp³-hybridized carbons (Fsp3) is 0.167. The van der Waals surface area contributed by atoms with Crippen molar-refractivity contribution >= 4 is 75.0 Å². The van der Waals surface area contributed by atoms with Gasteiger partial charge in [0.2, 0.25) is 16.0 Å². The van der Waals surface area contributed by atoms with Gasteiger partial charge in [0, 0.05) is 42.6 Å². The van der Waals surface area contributed by atoms with Gasteiger partial charge in [0.15, 0.2) is 27.2 Å². The second kappa shape index (κ2) is 27.0. The Kier molecular flexibility index (Phi) is 22.2. The number of carbonyl (C=O) groups excluding carboxylic acids is 3. The number of sulfone groups is 1. The zero-order chi connectivity index (χ0) is 55.6. The van der Waals surface area contributed by atoms with Crippen LogP contribution in [0.25, 0.3) is 6.08 Å². The van der Waals surface area contributed by atoms with Gasteiger partial charge in [0.05, 0.1) is 19.6 Å². The molecule has 0 atom stereocenters. The highest BCUT2D eigenvalue weighted by Crippen LogP contribution is 2.19. The van der Waals surface area contributed by atoms with Gasteiger partial charge in [-0.1, -0.05) is 99.1 Å². The summed E-state index contributed by atoms with van der Waals surface area (Å²) in [6, 6.07) is 35.3. The van der Waals surface area contributed by atoms with Crippen LogP contribution >= 0.6 is 0 Å². The van der Waals surface area contributed by atoms with Gasteiger partial charge in [-0.25, -0.2) is 53.5 Å². The van der Waals surface area contributed by atoms with Crippen LogP contribution in [0, 0.1) is 13.8 Å². The summed E-state index contributed by atoms with van der Waals surface area (Å²) in [6.07, 6.45) is 3.51. The Labute approximate surface area is 435 Å². The third-order valence-electron chi connectivity index (χ3n) is 10.0. The molecule has 0 bridgehead atoms. The van der Waals surface area contributed by atoms with Crippen molar-refractivity contribution in [1.82, 2.24) is 9.97 Å². The smallest absolute Gasteiger partial charge is 0.264 e. The number of primary sulfonamides is 1. The second-order valence-corrected chi connectivity index (χ2v) is 23.7. The number of aryl methyl sites for hydroxylation is 2. The number of hydrogen-bond acceptors (Lipinski definition) is 13. The number of rotatable bonds is 18. The number of sulfonamides is 3. The van der Waals surface area contributed by atoms with Crippen LogP contribution in [0.15, 0.2) is 196 Å². The molecule has 0 aliphatic rings. The van der Waals surface area contributed by atoms with Crippen molar-refractivity contribution in [2.24, 2.45) is 5.14 Å². The van der Waals surface area contributed by atoms with Crippen molar-refractivity contribution in [2.45, 2.75) is 73.5 Å². The molecule has 6 rings (SSSR count). The van der Waals surface area contributed by atoms with Gasteiger partial charge in [0.1, 0.15) is 0 Å². The van der Waals surface area contributed by atoms with Crippen LogP contribution in [0.1, 0.15) is 54.4 Å². The number of allylic oxidation sites excluding steroid dienone is 3. The molecule has 74 heavy (non-hydrogen) atoms. The zero-order valence-corrected chi connectivity index (χ0v) is 45.1. The van der Waals surface area contributed by atoms with Crippen molar-refractivity contribution in [3.8, 4) is 0 Å². The monoisotopic (exact) mass is 1080 g/mol. The Morgan fingerprint density at radius 2 is 0.851 bits per heavy atom. The zero-order valence-electron chi connectivity index (χ0n) is 41.8. The number of nitrogens with one attached hydrogen (secondary N) is 2. The molecule has 0 amide bonds. The largest absolute Gasteiger partial charge is 0.294 e.